The third-order valence-corrected chi connectivity index (χ3v) is 3.63. The summed E-state index contributed by atoms with van der Waals surface area (Å²) in [6.45, 7) is 0. The average molecular weight is 339 g/mol. The SMILES string of the molecule is COC(=O)[C@H](Cc1ccccc1)NC(=O)/C=C/c1ccc(OC)cc1. The minimum Gasteiger partial charge on any atom is -0.497 e. The Balaban J connectivity index is 2.00. The number of hydrogen-bond donors (Lipinski definition) is 1. The van der Waals surface area contributed by atoms with Crippen LogP contribution >= 0.6 is 0 Å². The highest BCUT2D eigenvalue weighted by Crippen LogP contribution is 2.12. The van der Waals surface area contributed by atoms with Crippen LogP contribution in [0.25, 0.3) is 6.08 Å². The molecule has 0 aliphatic rings. The van der Waals surface area contributed by atoms with Gasteiger partial charge in [0, 0.05) is 12.5 Å². The van der Waals surface area contributed by atoms with E-state index in [2.05, 4.69) is 5.32 Å². The van der Waals surface area contributed by atoms with E-state index in [0.29, 0.717) is 6.42 Å². The molecule has 5 heteroatoms. The number of methoxy groups -OCH3 is 2. The fourth-order valence-electron chi connectivity index (χ4n) is 2.29. The summed E-state index contributed by atoms with van der Waals surface area (Å²) in [6, 6.07) is 16.0. The molecule has 130 valence electrons. The minimum absolute atomic E-state index is 0.359. The first-order valence-corrected chi connectivity index (χ1v) is 7.86. The third-order valence-electron chi connectivity index (χ3n) is 3.63. The Hall–Kier alpha value is -3.08. The molecule has 2 aromatic carbocycles. The molecule has 0 aliphatic carbocycles. The third kappa shape index (κ3) is 5.80. The van der Waals surface area contributed by atoms with Crippen molar-refractivity contribution in [2.24, 2.45) is 0 Å². The van der Waals surface area contributed by atoms with Crippen LogP contribution in [0, 0.1) is 0 Å². The number of benzene rings is 2. The Morgan fingerprint density at radius 2 is 1.72 bits per heavy atom. The highest BCUT2D eigenvalue weighted by Gasteiger charge is 2.20. The van der Waals surface area contributed by atoms with Gasteiger partial charge in [0.15, 0.2) is 0 Å². The second-order valence-corrected chi connectivity index (χ2v) is 5.38. The maximum atomic E-state index is 12.1. The number of carbonyl (C=O) groups excluding carboxylic acids is 2. The van der Waals surface area contributed by atoms with E-state index in [1.54, 1.807) is 13.2 Å². The van der Waals surface area contributed by atoms with E-state index >= 15 is 0 Å². The van der Waals surface area contributed by atoms with Crippen molar-refractivity contribution in [1.29, 1.82) is 0 Å². The smallest absolute Gasteiger partial charge is 0.328 e. The molecule has 1 atom stereocenters. The Kier molecular flexibility index (Phi) is 6.77. The second-order valence-electron chi connectivity index (χ2n) is 5.38. The molecule has 0 saturated heterocycles. The van der Waals surface area contributed by atoms with Gasteiger partial charge in [-0.1, -0.05) is 42.5 Å². The van der Waals surface area contributed by atoms with Gasteiger partial charge in [-0.05, 0) is 29.3 Å². The molecule has 0 fully saturated rings. The number of rotatable bonds is 7. The molecule has 1 amide bonds. The first-order valence-electron chi connectivity index (χ1n) is 7.86. The van der Waals surface area contributed by atoms with Crippen molar-refractivity contribution in [2.45, 2.75) is 12.5 Å². The fraction of sp³-hybridized carbons (Fsp3) is 0.200. The molecular formula is C20H21NO4. The summed E-state index contributed by atoms with van der Waals surface area (Å²) >= 11 is 0. The van der Waals surface area contributed by atoms with Crippen molar-refractivity contribution in [2.75, 3.05) is 14.2 Å². The number of ether oxygens (including phenoxy) is 2. The molecule has 1 N–H and O–H groups in total. The molecule has 2 rings (SSSR count). The lowest BCUT2D eigenvalue weighted by atomic mass is 10.1. The summed E-state index contributed by atoms with van der Waals surface area (Å²) in [5, 5.41) is 2.68. The van der Waals surface area contributed by atoms with Gasteiger partial charge in [0.2, 0.25) is 5.91 Å². The van der Waals surface area contributed by atoms with E-state index in [-0.39, 0.29) is 5.91 Å². The summed E-state index contributed by atoms with van der Waals surface area (Å²) in [5.74, 6) is -0.0904. The van der Waals surface area contributed by atoms with Crippen molar-refractivity contribution in [1.82, 2.24) is 5.32 Å². The number of carbonyl (C=O) groups is 2. The number of hydrogen-bond acceptors (Lipinski definition) is 4. The molecule has 0 radical (unpaired) electrons. The van der Waals surface area contributed by atoms with Crippen molar-refractivity contribution in [3.8, 4) is 5.75 Å². The van der Waals surface area contributed by atoms with Crippen LogP contribution in [0.15, 0.2) is 60.7 Å². The molecule has 2 aromatic rings. The number of nitrogens with one attached hydrogen (secondary N) is 1. The summed E-state index contributed by atoms with van der Waals surface area (Å²) < 4.78 is 9.87. The quantitative estimate of drug-likeness (QED) is 0.622. The highest BCUT2D eigenvalue weighted by atomic mass is 16.5. The lowest BCUT2D eigenvalue weighted by Gasteiger charge is -2.15. The molecule has 0 aliphatic heterocycles. The Bertz CT molecular complexity index is 723. The Morgan fingerprint density at radius 1 is 1.04 bits per heavy atom. The van der Waals surface area contributed by atoms with Crippen LogP contribution < -0.4 is 10.1 Å². The van der Waals surface area contributed by atoms with E-state index in [4.69, 9.17) is 9.47 Å². The van der Waals surface area contributed by atoms with Crippen molar-refractivity contribution in [3.05, 3.63) is 71.8 Å². The molecule has 0 heterocycles. The topological polar surface area (TPSA) is 64.6 Å². The van der Waals surface area contributed by atoms with Crippen LogP contribution in [0.5, 0.6) is 5.75 Å². The standard InChI is InChI=1S/C20H21NO4/c1-24-17-11-8-15(9-12-17)10-13-19(22)21-18(20(23)25-2)14-16-6-4-3-5-7-16/h3-13,18H,14H2,1-2H3,(H,21,22)/b13-10+/t18-/m0/s1. The molecule has 5 nitrogen and oxygen atoms in total. The summed E-state index contributed by atoms with van der Waals surface area (Å²) in [7, 11) is 2.90. The van der Waals surface area contributed by atoms with Gasteiger partial charge in [0.25, 0.3) is 0 Å². The fourth-order valence-corrected chi connectivity index (χ4v) is 2.29. The molecule has 0 unspecified atom stereocenters. The zero-order chi connectivity index (χ0) is 18.1. The summed E-state index contributed by atoms with van der Waals surface area (Å²) in [4.78, 5) is 24.1. The van der Waals surface area contributed by atoms with Crippen LogP contribution in [-0.4, -0.2) is 32.1 Å². The van der Waals surface area contributed by atoms with Crippen LogP contribution in [-0.2, 0) is 20.7 Å². The highest BCUT2D eigenvalue weighted by molar-refractivity contribution is 5.94. The van der Waals surface area contributed by atoms with Crippen LogP contribution in [0.1, 0.15) is 11.1 Å². The van der Waals surface area contributed by atoms with Crippen LogP contribution in [0.2, 0.25) is 0 Å². The molecule has 0 saturated carbocycles. The van der Waals surface area contributed by atoms with Gasteiger partial charge in [-0.15, -0.1) is 0 Å². The summed E-state index contributed by atoms with van der Waals surface area (Å²) in [5.41, 5.74) is 1.80. The van der Waals surface area contributed by atoms with Crippen molar-refractivity contribution in [3.63, 3.8) is 0 Å². The number of esters is 1. The van der Waals surface area contributed by atoms with E-state index in [1.165, 1.54) is 13.2 Å². The van der Waals surface area contributed by atoms with Gasteiger partial charge in [-0.3, -0.25) is 4.79 Å². The lowest BCUT2D eigenvalue weighted by molar-refractivity contribution is -0.144. The predicted molar refractivity (Wildman–Crippen MR) is 96.1 cm³/mol. The van der Waals surface area contributed by atoms with E-state index in [9.17, 15) is 9.59 Å². The van der Waals surface area contributed by atoms with Crippen LogP contribution in [0.4, 0.5) is 0 Å². The monoisotopic (exact) mass is 339 g/mol. The number of amides is 1. The van der Waals surface area contributed by atoms with Crippen molar-refractivity contribution < 1.29 is 19.1 Å². The normalized spacial score (nSPS) is 11.8. The zero-order valence-corrected chi connectivity index (χ0v) is 14.3. The first-order chi connectivity index (χ1) is 12.1. The van der Waals surface area contributed by atoms with Gasteiger partial charge in [-0.2, -0.15) is 0 Å². The molecule has 25 heavy (non-hydrogen) atoms. The van der Waals surface area contributed by atoms with Gasteiger partial charge in [0.1, 0.15) is 11.8 Å². The van der Waals surface area contributed by atoms with E-state index in [0.717, 1.165) is 16.9 Å². The van der Waals surface area contributed by atoms with Gasteiger partial charge >= 0.3 is 5.97 Å². The van der Waals surface area contributed by atoms with Gasteiger partial charge in [-0.25, -0.2) is 4.79 Å². The average Bonchev–Trinajstić information content (AvgIpc) is 2.66. The van der Waals surface area contributed by atoms with Crippen LogP contribution in [0.3, 0.4) is 0 Å². The van der Waals surface area contributed by atoms with E-state index < -0.39 is 12.0 Å². The molecular weight excluding hydrogens is 318 g/mol. The van der Waals surface area contributed by atoms with Gasteiger partial charge < -0.3 is 14.8 Å². The maximum absolute atomic E-state index is 12.1. The first kappa shape index (κ1) is 18.3. The molecule has 0 bridgehead atoms. The Labute approximate surface area is 147 Å². The van der Waals surface area contributed by atoms with Crippen molar-refractivity contribution >= 4 is 18.0 Å². The van der Waals surface area contributed by atoms with E-state index in [1.807, 2.05) is 54.6 Å². The maximum Gasteiger partial charge on any atom is 0.328 e. The Morgan fingerprint density at radius 3 is 2.32 bits per heavy atom. The minimum atomic E-state index is -0.736. The summed E-state index contributed by atoms with van der Waals surface area (Å²) in [6.07, 6.45) is 3.43. The largest absolute Gasteiger partial charge is 0.497 e. The lowest BCUT2D eigenvalue weighted by Crippen LogP contribution is -2.42. The molecule has 0 aromatic heterocycles. The predicted octanol–water partition coefficient (Wildman–Crippen LogP) is 2.61. The zero-order valence-electron chi connectivity index (χ0n) is 14.3. The second kappa shape index (κ2) is 9.27. The molecule has 0 spiro atoms. The van der Waals surface area contributed by atoms with Gasteiger partial charge in [0.05, 0.1) is 14.2 Å².